The smallest absolute Gasteiger partial charge is 0.210 e. The summed E-state index contributed by atoms with van der Waals surface area (Å²) in [6, 6.07) is 15.8. The normalized spacial score (nSPS) is 11.0. The SMILES string of the molecule is COc1ccc(Cn2nnnc2SCc2nc3ccccc3nc2C)cc1. The van der Waals surface area contributed by atoms with Gasteiger partial charge in [-0.2, -0.15) is 0 Å². The van der Waals surface area contributed by atoms with Crippen molar-refractivity contribution in [2.24, 2.45) is 0 Å². The van der Waals surface area contributed by atoms with Gasteiger partial charge in [-0.15, -0.1) is 5.10 Å². The molecule has 2 heterocycles. The van der Waals surface area contributed by atoms with Gasteiger partial charge in [-0.05, 0) is 47.2 Å². The lowest BCUT2D eigenvalue weighted by atomic mass is 10.2. The van der Waals surface area contributed by atoms with Gasteiger partial charge in [0.25, 0.3) is 0 Å². The Morgan fingerprint density at radius 1 is 1.00 bits per heavy atom. The monoisotopic (exact) mass is 378 g/mol. The number of methoxy groups -OCH3 is 1. The summed E-state index contributed by atoms with van der Waals surface area (Å²) in [5.41, 5.74) is 4.78. The fourth-order valence-electron chi connectivity index (χ4n) is 2.70. The van der Waals surface area contributed by atoms with Crippen LogP contribution in [0, 0.1) is 6.92 Å². The van der Waals surface area contributed by atoms with Crippen LogP contribution in [0.15, 0.2) is 53.7 Å². The third-order valence-electron chi connectivity index (χ3n) is 4.17. The van der Waals surface area contributed by atoms with Gasteiger partial charge in [0.2, 0.25) is 5.16 Å². The van der Waals surface area contributed by atoms with Crippen LogP contribution in [0.3, 0.4) is 0 Å². The first kappa shape index (κ1) is 17.4. The van der Waals surface area contributed by atoms with Gasteiger partial charge in [-0.25, -0.2) is 14.6 Å². The molecule has 0 amide bonds. The van der Waals surface area contributed by atoms with Crippen molar-refractivity contribution in [3.05, 3.63) is 65.5 Å². The van der Waals surface area contributed by atoms with Crippen LogP contribution in [0.5, 0.6) is 5.75 Å². The Labute approximate surface area is 160 Å². The molecule has 8 heteroatoms. The van der Waals surface area contributed by atoms with Crippen LogP contribution < -0.4 is 4.74 Å². The lowest BCUT2D eigenvalue weighted by Crippen LogP contribution is -2.04. The molecule has 0 fully saturated rings. The highest BCUT2D eigenvalue weighted by atomic mass is 32.2. The summed E-state index contributed by atoms with van der Waals surface area (Å²) in [4.78, 5) is 9.37. The van der Waals surface area contributed by atoms with Gasteiger partial charge in [0.05, 0.1) is 36.1 Å². The third kappa shape index (κ3) is 3.90. The average molecular weight is 378 g/mol. The molecule has 0 saturated heterocycles. The zero-order valence-corrected chi connectivity index (χ0v) is 15.8. The van der Waals surface area contributed by atoms with E-state index in [2.05, 4.69) is 20.5 Å². The van der Waals surface area contributed by atoms with Crippen molar-refractivity contribution in [1.82, 2.24) is 30.2 Å². The van der Waals surface area contributed by atoms with Crippen molar-refractivity contribution < 1.29 is 4.74 Å². The van der Waals surface area contributed by atoms with Gasteiger partial charge >= 0.3 is 0 Å². The number of nitrogens with zero attached hydrogens (tertiary/aromatic N) is 6. The third-order valence-corrected chi connectivity index (χ3v) is 5.14. The Morgan fingerprint density at radius 2 is 1.74 bits per heavy atom. The molecule has 0 atom stereocenters. The van der Waals surface area contributed by atoms with Crippen LogP contribution in [0.2, 0.25) is 0 Å². The highest BCUT2D eigenvalue weighted by molar-refractivity contribution is 7.98. The van der Waals surface area contributed by atoms with Crippen molar-refractivity contribution in [2.75, 3.05) is 7.11 Å². The summed E-state index contributed by atoms with van der Waals surface area (Å²) >= 11 is 1.56. The van der Waals surface area contributed by atoms with Crippen molar-refractivity contribution in [3.63, 3.8) is 0 Å². The number of benzene rings is 2. The van der Waals surface area contributed by atoms with Crippen molar-refractivity contribution in [2.45, 2.75) is 24.4 Å². The van der Waals surface area contributed by atoms with Gasteiger partial charge in [-0.3, -0.25) is 0 Å². The minimum Gasteiger partial charge on any atom is -0.497 e. The second kappa shape index (κ2) is 7.71. The quantitative estimate of drug-likeness (QED) is 0.476. The van der Waals surface area contributed by atoms with E-state index in [0.29, 0.717) is 12.3 Å². The van der Waals surface area contributed by atoms with Crippen LogP contribution in [-0.2, 0) is 12.3 Å². The Hall–Kier alpha value is -3.00. The number of tetrazole rings is 1. The number of aryl methyl sites for hydroxylation is 1. The zero-order valence-electron chi connectivity index (χ0n) is 15.0. The molecule has 0 aliphatic heterocycles. The molecule has 4 rings (SSSR count). The van der Waals surface area contributed by atoms with Crippen molar-refractivity contribution >= 4 is 22.8 Å². The highest BCUT2D eigenvalue weighted by Gasteiger charge is 2.11. The van der Waals surface area contributed by atoms with Crippen LogP contribution >= 0.6 is 11.8 Å². The van der Waals surface area contributed by atoms with Gasteiger partial charge in [0.15, 0.2) is 0 Å². The van der Waals surface area contributed by atoms with E-state index in [-0.39, 0.29) is 0 Å². The van der Waals surface area contributed by atoms with Crippen molar-refractivity contribution in [3.8, 4) is 5.75 Å². The first-order chi connectivity index (χ1) is 13.2. The van der Waals surface area contributed by atoms with Gasteiger partial charge in [0, 0.05) is 5.75 Å². The average Bonchev–Trinajstić information content (AvgIpc) is 3.14. The molecule has 4 aromatic rings. The van der Waals surface area contributed by atoms with Gasteiger partial charge in [-0.1, -0.05) is 36.0 Å². The second-order valence-corrected chi connectivity index (χ2v) is 6.94. The predicted octanol–water partition coefficient (Wildman–Crippen LogP) is 3.27. The van der Waals surface area contributed by atoms with E-state index in [9.17, 15) is 0 Å². The molecule has 0 unspecified atom stereocenters. The van der Waals surface area contributed by atoms with Crippen molar-refractivity contribution in [1.29, 1.82) is 0 Å². The maximum absolute atomic E-state index is 5.19. The summed E-state index contributed by atoms with van der Waals surface area (Å²) in [5.74, 6) is 1.49. The summed E-state index contributed by atoms with van der Waals surface area (Å²) in [6.45, 7) is 2.58. The van der Waals surface area contributed by atoms with Gasteiger partial charge in [0.1, 0.15) is 5.75 Å². The Kier molecular flexibility index (Phi) is 4.97. The van der Waals surface area contributed by atoms with E-state index in [1.54, 1.807) is 23.6 Å². The molecular weight excluding hydrogens is 360 g/mol. The summed E-state index contributed by atoms with van der Waals surface area (Å²) < 4.78 is 6.98. The second-order valence-electron chi connectivity index (χ2n) is 6.00. The van der Waals surface area contributed by atoms with Gasteiger partial charge < -0.3 is 4.74 Å². The minimum absolute atomic E-state index is 0.599. The standard InChI is InChI=1S/C19H18N6OS/c1-13-18(21-17-6-4-3-5-16(17)20-13)12-27-19-22-23-24-25(19)11-14-7-9-15(26-2)10-8-14/h3-10H,11-12H2,1-2H3. The first-order valence-electron chi connectivity index (χ1n) is 8.47. The number of hydrogen-bond donors (Lipinski definition) is 0. The largest absolute Gasteiger partial charge is 0.497 e. The number of aromatic nitrogens is 6. The van der Waals surface area contributed by atoms with Crippen LogP contribution in [0.25, 0.3) is 11.0 Å². The maximum atomic E-state index is 5.19. The fraction of sp³-hybridized carbons (Fsp3) is 0.211. The van der Waals surface area contributed by atoms with Crippen LogP contribution in [0.1, 0.15) is 17.0 Å². The molecular formula is C19H18N6OS. The lowest BCUT2D eigenvalue weighted by molar-refractivity contribution is 0.414. The molecule has 0 spiro atoms. The number of ether oxygens (including phenoxy) is 1. The van der Waals surface area contributed by atoms with E-state index in [1.165, 1.54) is 0 Å². The molecule has 2 aromatic heterocycles. The fourth-order valence-corrected chi connectivity index (χ4v) is 3.58. The molecule has 0 bridgehead atoms. The molecule has 136 valence electrons. The van der Waals surface area contributed by atoms with E-state index in [0.717, 1.165) is 38.9 Å². The molecule has 7 nitrogen and oxygen atoms in total. The van der Waals surface area contributed by atoms with Crippen LogP contribution in [0.4, 0.5) is 0 Å². The zero-order chi connectivity index (χ0) is 18.6. The topological polar surface area (TPSA) is 78.6 Å². The molecule has 0 radical (unpaired) electrons. The van der Waals surface area contributed by atoms with E-state index >= 15 is 0 Å². The summed E-state index contributed by atoms with van der Waals surface area (Å²) in [6.07, 6.45) is 0. The number of para-hydroxylation sites is 2. The summed E-state index contributed by atoms with van der Waals surface area (Å²) in [7, 11) is 1.66. The van der Waals surface area contributed by atoms with Crippen LogP contribution in [-0.4, -0.2) is 37.3 Å². The Bertz CT molecular complexity index is 1060. The maximum Gasteiger partial charge on any atom is 0.210 e. The molecule has 0 saturated carbocycles. The number of fused-ring (bicyclic) bond motifs is 1. The number of hydrogen-bond acceptors (Lipinski definition) is 7. The number of thioether (sulfide) groups is 1. The number of rotatable bonds is 6. The minimum atomic E-state index is 0.599. The lowest BCUT2D eigenvalue weighted by Gasteiger charge is -2.07. The molecule has 0 aliphatic carbocycles. The van der Waals surface area contributed by atoms with E-state index < -0.39 is 0 Å². The molecule has 0 aliphatic rings. The predicted molar refractivity (Wildman–Crippen MR) is 104 cm³/mol. The highest BCUT2D eigenvalue weighted by Crippen LogP contribution is 2.23. The molecule has 2 aromatic carbocycles. The molecule has 0 N–H and O–H groups in total. The van der Waals surface area contributed by atoms with E-state index in [1.807, 2.05) is 55.5 Å². The molecule has 27 heavy (non-hydrogen) atoms. The summed E-state index contributed by atoms with van der Waals surface area (Å²) in [5, 5.41) is 12.8. The van der Waals surface area contributed by atoms with E-state index in [4.69, 9.17) is 9.72 Å². The Balaban J connectivity index is 1.49. The Morgan fingerprint density at radius 3 is 2.48 bits per heavy atom. The first-order valence-corrected chi connectivity index (χ1v) is 9.45.